The summed E-state index contributed by atoms with van der Waals surface area (Å²) < 4.78 is 25.1. The number of hydrogen-bond acceptors (Lipinski definition) is 5. The Morgan fingerprint density at radius 3 is 2.75 bits per heavy atom. The van der Waals surface area contributed by atoms with Gasteiger partial charge in [0.25, 0.3) is 0 Å². The van der Waals surface area contributed by atoms with Gasteiger partial charge in [-0.15, -0.1) is 0 Å². The van der Waals surface area contributed by atoms with Crippen molar-refractivity contribution >= 4 is 27.4 Å². The van der Waals surface area contributed by atoms with E-state index in [-0.39, 0.29) is 5.03 Å². The normalized spacial score (nSPS) is 14.1. The minimum atomic E-state index is -3.15. The lowest BCUT2D eigenvalue weighted by Crippen LogP contribution is -1.98. The summed E-state index contributed by atoms with van der Waals surface area (Å²) in [5.74, 6) is 0.542. The van der Waals surface area contributed by atoms with E-state index < -0.39 is 9.73 Å². The number of pyridine rings is 2. The van der Waals surface area contributed by atoms with Crippen LogP contribution in [0, 0.1) is 4.78 Å². The summed E-state index contributed by atoms with van der Waals surface area (Å²) in [5, 5.41) is 1.83. The molecule has 20 heavy (non-hydrogen) atoms. The smallest absolute Gasteiger partial charge is 0.139 e. The number of ether oxygens (including phenoxy) is 1. The van der Waals surface area contributed by atoms with Crippen molar-refractivity contribution in [1.82, 2.24) is 9.97 Å². The number of aromatic nitrogens is 2. The second-order valence-corrected chi connectivity index (χ2v) is 6.11. The van der Waals surface area contributed by atoms with Crippen LogP contribution in [0.3, 0.4) is 0 Å². The average Bonchev–Trinajstić information content (AvgIpc) is 2.46. The highest BCUT2D eigenvalue weighted by Crippen LogP contribution is 2.18. The fourth-order valence-corrected chi connectivity index (χ4v) is 2.54. The Kier molecular flexibility index (Phi) is 4.36. The van der Waals surface area contributed by atoms with Crippen molar-refractivity contribution in [2.24, 2.45) is 0 Å². The monoisotopic (exact) mass is 309 g/mol. The molecule has 0 aliphatic carbocycles. The maximum absolute atomic E-state index is 12.3. The molecule has 5 nitrogen and oxygen atoms in total. The van der Waals surface area contributed by atoms with Gasteiger partial charge < -0.3 is 4.74 Å². The summed E-state index contributed by atoms with van der Waals surface area (Å²) in [5.41, 5.74) is 0.461. The third kappa shape index (κ3) is 3.34. The number of nitrogens with zero attached hydrogens (tertiary/aromatic N) is 2. The molecule has 0 saturated heterocycles. The molecule has 1 N–H and O–H groups in total. The average molecular weight is 310 g/mol. The molecular weight excluding hydrogens is 298 g/mol. The molecule has 0 bridgehead atoms. The van der Waals surface area contributed by atoms with Crippen molar-refractivity contribution in [2.45, 2.75) is 5.03 Å². The van der Waals surface area contributed by atoms with Gasteiger partial charge in [0.05, 0.1) is 24.0 Å². The Labute approximate surface area is 122 Å². The molecule has 0 amide bonds. The number of halogens is 1. The van der Waals surface area contributed by atoms with E-state index in [1.807, 2.05) is 0 Å². The van der Waals surface area contributed by atoms with Crippen LogP contribution in [0.25, 0.3) is 6.08 Å². The van der Waals surface area contributed by atoms with E-state index in [2.05, 4.69) is 9.97 Å². The first-order valence-electron chi connectivity index (χ1n) is 5.60. The predicted octanol–water partition coefficient (Wildman–Crippen LogP) is 3.22. The van der Waals surface area contributed by atoms with E-state index in [1.54, 1.807) is 24.4 Å². The molecule has 0 spiro atoms. The third-order valence-electron chi connectivity index (χ3n) is 2.46. The highest BCUT2D eigenvalue weighted by molar-refractivity contribution is 7.95. The van der Waals surface area contributed by atoms with E-state index in [9.17, 15) is 4.21 Å². The van der Waals surface area contributed by atoms with E-state index in [0.717, 1.165) is 0 Å². The van der Waals surface area contributed by atoms with Crippen molar-refractivity contribution in [3.8, 4) is 5.75 Å². The lowest BCUT2D eigenvalue weighted by atomic mass is 10.3. The highest BCUT2D eigenvalue weighted by atomic mass is 35.5. The minimum absolute atomic E-state index is 0.154. The second-order valence-electron chi connectivity index (χ2n) is 3.81. The maximum Gasteiger partial charge on any atom is 0.139 e. The zero-order valence-electron chi connectivity index (χ0n) is 10.6. The quantitative estimate of drug-likeness (QED) is 0.941. The van der Waals surface area contributed by atoms with Crippen LogP contribution < -0.4 is 4.74 Å². The molecule has 2 rings (SSSR count). The molecule has 0 radical (unpaired) electrons. The van der Waals surface area contributed by atoms with Crippen molar-refractivity contribution in [3.05, 3.63) is 52.8 Å². The third-order valence-corrected chi connectivity index (χ3v) is 4.16. The fourth-order valence-electron chi connectivity index (χ4n) is 1.42. The SMILES string of the molecule is COc1ccc(S(=N)(=O)/C=C/c2ncccc2Cl)nc1. The van der Waals surface area contributed by atoms with Crippen molar-refractivity contribution in [2.75, 3.05) is 7.11 Å². The van der Waals surface area contributed by atoms with Crippen LogP contribution in [0.4, 0.5) is 0 Å². The minimum Gasteiger partial charge on any atom is -0.495 e. The maximum atomic E-state index is 12.3. The molecular formula is C13H12ClN3O2S. The van der Waals surface area contributed by atoms with Crippen LogP contribution in [-0.2, 0) is 9.73 Å². The van der Waals surface area contributed by atoms with Crippen molar-refractivity contribution in [1.29, 1.82) is 4.78 Å². The predicted molar refractivity (Wildman–Crippen MR) is 78.2 cm³/mol. The summed E-state index contributed by atoms with van der Waals surface area (Å²) in [6.07, 6.45) is 4.46. The van der Waals surface area contributed by atoms with Crippen molar-refractivity contribution < 1.29 is 8.95 Å². The lowest BCUT2D eigenvalue weighted by molar-refractivity contribution is 0.412. The van der Waals surface area contributed by atoms with E-state index in [1.165, 1.54) is 30.9 Å². The topological polar surface area (TPSA) is 75.9 Å². The van der Waals surface area contributed by atoms with E-state index in [4.69, 9.17) is 21.1 Å². The molecule has 2 aromatic heterocycles. The molecule has 1 atom stereocenters. The van der Waals surface area contributed by atoms with Gasteiger partial charge in [0.1, 0.15) is 20.5 Å². The van der Waals surface area contributed by atoms with E-state index in [0.29, 0.717) is 16.5 Å². The first kappa shape index (κ1) is 14.5. The number of rotatable bonds is 4. The van der Waals surface area contributed by atoms with E-state index >= 15 is 0 Å². The molecule has 1 unspecified atom stereocenters. The first-order valence-corrected chi connectivity index (χ1v) is 7.60. The van der Waals surface area contributed by atoms with Gasteiger partial charge in [-0.1, -0.05) is 11.6 Å². The molecule has 0 fully saturated rings. The zero-order valence-corrected chi connectivity index (χ0v) is 12.2. The van der Waals surface area contributed by atoms with Gasteiger partial charge in [-0.3, -0.25) is 4.98 Å². The van der Waals surface area contributed by atoms with Gasteiger partial charge in [0, 0.05) is 11.6 Å². The van der Waals surface area contributed by atoms with Gasteiger partial charge in [0.2, 0.25) is 0 Å². The van der Waals surface area contributed by atoms with Gasteiger partial charge in [-0.25, -0.2) is 14.0 Å². The Balaban J connectivity index is 2.29. The first-order chi connectivity index (χ1) is 9.53. The van der Waals surface area contributed by atoms with Gasteiger partial charge >= 0.3 is 0 Å². The Hall–Kier alpha value is -1.92. The van der Waals surface area contributed by atoms with Gasteiger partial charge in [-0.2, -0.15) is 0 Å². The summed E-state index contributed by atoms with van der Waals surface area (Å²) in [6, 6.07) is 6.48. The largest absolute Gasteiger partial charge is 0.495 e. The highest BCUT2D eigenvalue weighted by Gasteiger charge is 2.08. The fraction of sp³-hybridized carbons (Fsp3) is 0.0769. The lowest BCUT2D eigenvalue weighted by Gasteiger charge is -2.03. The zero-order chi connectivity index (χ0) is 14.6. The molecule has 0 aliphatic rings. The summed E-state index contributed by atoms with van der Waals surface area (Å²) in [6.45, 7) is 0. The van der Waals surface area contributed by atoms with Crippen LogP contribution in [0.5, 0.6) is 5.75 Å². The Bertz CT molecular complexity index is 728. The van der Waals surface area contributed by atoms with Gasteiger partial charge in [-0.05, 0) is 30.3 Å². The summed E-state index contributed by atoms with van der Waals surface area (Å²) in [4.78, 5) is 8.00. The number of hydrogen-bond donors (Lipinski definition) is 1. The molecule has 0 aliphatic heterocycles. The number of methoxy groups -OCH3 is 1. The molecule has 2 heterocycles. The van der Waals surface area contributed by atoms with Crippen LogP contribution in [0.15, 0.2) is 47.1 Å². The molecule has 0 saturated carbocycles. The van der Waals surface area contributed by atoms with Crippen molar-refractivity contribution in [3.63, 3.8) is 0 Å². The Morgan fingerprint density at radius 2 is 2.15 bits per heavy atom. The van der Waals surface area contributed by atoms with Crippen LogP contribution in [0.1, 0.15) is 5.69 Å². The molecule has 7 heteroatoms. The molecule has 104 valence electrons. The standard InChI is InChI=1S/C13H12ClN3O2S/c1-19-10-4-5-13(17-9-10)20(15,18)8-6-12-11(14)3-2-7-16-12/h2-9,15H,1H3/b8-6+. The van der Waals surface area contributed by atoms with Crippen LogP contribution in [-0.4, -0.2) is 21.3 Å². The Morgan fingerprint density at radius 1 is 1.35 bits per heavy atom. The molecule has 2 aromatic rings. The van der Waals surface area contributed by atoms with Crippen LogP contribution in [0.2, 0.25) is 5.02 Å². The molecule has 0 aromatic carbocycles. The van der Waals surface area contributed by atoms with Gasteiger partial charge in [0.15, 0.2) is 0 Å². The van der Waals surface area contributed by atoms with Crippen LogP contribution >= 0.6 is 11.6 Å². The second kappa shape index (κ2) is 6.02. The summed E-state index contributed by atoms with van der Waals surface area (Å²) in [7, 11) is -1.63. The number of nitrogens with one attached hydrogen (secondary N) is 1. The summed E-state index contributed by atoms with van der Waals surface area (Å²) >= 11 is 5.94.